The first-order valence-corrected chi connectivity index (χ1v) is 9.74. The predicted molar refractivity (Wildman–Crippen MR) is 77.7 cm³/mol. The van der Waals surface area contributed by atoms with Crippen molar-refractivity contribution in [1.82, 2.24) is 0 Å². The molecule has 0 aromatic heterocycles. The number of benzene rings is 1. The Bertz CT molecular complexity index is 366. The van der Waals surface area contributed by atoms with E-state index in [1.807, 2.05) is 0 Å². The van der Waals surface area contributed by atoms with Gasteiger partial charge in [0.25, 0.3) is 0 Å². The van der Waals surface area contributed by atoms with Crippen LogP contribution >= 0.6 is 6.04 Å². The molecule has 0 radical (unpaired) electrons. The van der Waals surface area contributed by atoms with Gasteiger partial charge >= 0.3 is 0 Å². The molecule has 0 heterocycles. The van der Waals surface area contributed by atoms with Gasteiger partial charge in [0.05, 0.1) is 0 Å². The van der Waals surface area contributed by atoms with Crippen molar-refractivity contribution < 1.29 is 0 Å². The summed E-state index contributed by atoms with van der Waals surface area (Å²) in [7, 11) is 0. The molecule has 0 amide bonds. The lowest BCUT2D eigenvalue weighted by atomic mass is 9.91. The molecule has 2 rings (SSSR count). The van der Waals surface area contributed by atoms with Crippen molar-refractivity contribution in [1.29, 1.82) is 0 Å². The van der Waals surface area contributed by atoms with Crippen molar-refractivity contribution in [3.05, 3.63) is 30.3 Å². The van der Waals surface area contributed by atoms with Crippen molar-refractivity contribution in [3.8, 4) is 0 Å². The van der Waals surface area contributed by atoms with Gasteiger partial charge in [-0.05, 0) is 30.1 Å². The van der Waals surface area contributed by atoms with E-state index >= 15 is 0 Å². The van der Waals surface area contributed by atoms with Crippen LogP contribution in [0.25, 0.3) is 0 Å². The number of rotatable bonds is 3. The zero-order valence-corrected chi connectivity index (χ0v) is 11.8. The van der Waals surface area contributed by atoms with E-state index in [2.05, 4.69) is 37.0 Å². The second-order valence-corrected chi connectivity index (χ2v) is 10.6. The van der Waals surface area contributed by atoms with Gasteiger partial charge in [-0.25, -0.2) is 0 Å². The highest BCUT2D eigenvalue weighted by molar-refractivity contribution is 8.17. The molecular formula is C14H21PS. The Balaban J connectivity index is 2.05. The summed E-state index contributed by atoms with van der Waals surface area (Å²) in [6.07, 6.45) is 8.41. The van der Waals surface area contributed by atoms with Crippen LogP contribution in [0.3, 0.4) is 0 Å². The van der Waals surface area contributed by atoms with Crippen LogP contribution in [0.4, 0.5) is 0 Å². The maximum absolute atomic E-state index is 5.90. The van der Waals surface area contributed by atoms with E-state index in [0.717, 1.165) is 5.92 Å². The Kier molecular flexibility index (Phi) is 4.21. The zero-order valence-electron chi connectivity index (χ0n) is 10.1. The molecule has 1 fully saturated rings. The van der Waals surface area contributed by atoms with Gasteiger partial charge in [-0.2, -0.15) is 0 Å². The van der Waals surface area contributed by atoms with Gasteiger partial charge in [-0.1, -0.05) is 74.2 Å². The van der Waals surface area contributed by atoms with E-state index in [9.17, 15) is 0 Å². The normalized spacial score (nSPS) is 21.6. The van der Waals surface area contributed by atoms with Crippen LogP contribution in [0, 0.1) is 5.92 Å². The Morgan fingerprint density at radius 1 is 1.12 bits per heavy atom. The minimum atomic E-state index is -1.28. The Hall–Kier alpha value is -0.130. The standard InChI is InChI=1S/C14H21PS/c1-15(16,14-10-6-3-7-11-14)12-13-8-4-2-5-9-13/h3,6-7,10-11,13H,2,4-5,8-9,12H2,1H3/t15-/m1/s1. The summed E-state index contributed by atoms with van der Waals surface area (Å²) in [5.41, 5.74) is 0. The van der Waals surface area contributed by atoms with E-state index in [-0.39, 0.29) is 0 Å². The molecule has 88 valence electrons. The van der Waals surface area contributed by atoms with Crippen LogP contribution < -0.4 is 5.30 Å². The maximum atomic E-state index is 5.90. The summed E-state index contributed by atoms with van der Waals surface area (Å²) in [5.74, 6) is 0.907. The fourth-order valence-electron chi connectivity index (χ4n) is 2.71. The summed E-state index contributed by atoms with van der Waals surface area (Å²) in [5, 5.41) is 1.43. The molecule has 0 unspecified atom stereocenters. The molecule has 0 aliphatic heterocycles. The lowest BCUT2D eigenvalue weighted by Gasteiger charge is -2.27. The van der Waals surface area contributed by atoms with Crippen LogP contribution in [-0.4, -0.2) is 12.8 Å². The molecule has 1 atom stereocenters. The smallest absolute Gasteiger partial charge is 0.0145 e. The first-order chi connectivity index (χ1) is 7.68. The monoisotopic (exact) mass is 252 g/mol. The van der Waals surface area contributed by atoms with Crippen molar-refractivity contribution in [2.45, 2.75) is 32.1 Å². The summed E-state index contributed by atoms with van der Waals surface area (Å²) in [4.78, 5) is 0. The third kappa shape index (κ3) is 3.18. The van der Waals surface area contributed by atoms with Crippen LogP contribution in [0.2, 0.25) is 0 Å². The highest BCUT2D eigenvalue weighted by atomic mass is 32.4. The Morgan fingerprint density at radius 2 is 1.75 bits per heavy atom. The molecule has 0 N–H and O–H groups in total. The Morgan fingerprint density at radius 3 is 2.38 bits per heavy atom. The summed E-state index contributed by atoms with van der Waals surface area (Å²) in [6.45, 7) is 2.33. The van der Waals surface area contributed by atoms with Crippen LogP contribution in [0.15, 0.2) is 30.3 Å². The fourth-order valence-corrected chi connectivity index (χ4v) is 6.07. The minimum absolute atomic E-state index is 0.907. The molecular weight excluding hydrogens is 231 g/mol. The van der Waals surface area contributed by atoms with Gasteiger partial charge in [0.1, 0.15) is 0 Å². The summed E-state index contributed by atoms with van der Waals surface area (Å²) >= 11 is 5.90. The van der Waals surface area contributed by atoms with E-state index in [1.54, 1.807) is 0 Å². The van der Waals surface area contributed by atoms with Gasteiger partial charge in [0, 0.05) is 0 Å². The Labute approximate surface area is 104 Å². The first kappa shape index (κ1) is 12.3. The topological polar surface area (TPSA) is 0 Å². The highest BCUT2D eigenvalue weighted by Crippen LogP contribution is 2.45. The zero-order chi connectivity index (χ0) is 11.4. The molecule has 0 spiro atoms. The average Bonchev–Trinajstić information content (AvgIpc) is 2.31. The van der Waals surface area contributed by atoms with E-state index < -0.39 is 6.04 Å². The second-order valence-electron chi connectivity index (χ2n) is 5.12. The SMILES string of the molecule is C[P@@](=S)(CC1CCCCC1)c1ccccc1. The van der Waals surface area contributed by atoms with Crippen LogP contribution in [-0.2, 0) is 11.8 Å². The molecule has 1 aliphatic rings. The number of hydrogen-bond donors (Lipinski definition) is 0. The van der Waals surface area contributed by atoms with Gasteiger partial charge in [-0.3, -0.25) is 0 Å². The molecule has 0 bridgehead atoms. The van der Waals surface area contributed by atoms with Crippen LogP contribution in [0.1, 0.15) is 32.1 Å². The third-order valence-corrected chi connectivity index (χ3v) is 7.32. The molecule has 1 aliphatic carbocycles. The van der Waals surface area contributed by atoms with E-state index in [1.165, 1.54) is 43.6 Å². The van der Waals surface area contributed by atoms with E-state index in [0.29, 0.717) is 0 Å². The number of hydrogen-bond acceptors (Lipinski definition) is 1. The van der Waals surface area contributed by atoms with Gasteiger partial charge in [0.2, 0.25) is 0 Å². The minimum Gasteiger partial charge on any atom is -0.0928 e. The largest absolute Gasteiger partial charge is 0.0928 e. The van der Waals surface area contributed by atoms with Gasteiger partial charge in [0.15, 0.2) is 0 Å². The fraction of sp³-hybridized carbons (Fsp3) is 0.571. The molecule has 0 nitrogen and oxygen atoms in total. The van der Waals surface area contributed by atoms with E-state index in [4.69, 9.17) is 11.8 Å². The quantitative estimate of drug-likeness (QED) is 0.733. The predicted octanol–water partition coefficient (Wildman–Crippen LogP) is 4.00. The van der Waals surface area contributed by atoms with Crippen molar-refractivity contribution in [3.63, 3.8) is 0 Å². The van der Waals surface area contributed by atoms with Gasteiger partial charge < -0.3 is 0 Å². The molecule has 1 aromatic carbocycles. The maximum Gasteiger partial charge on any atom is -0.0145 e. The lowest BCUT2D eigenvalue weighted by Crippen LogP contribution is -2.15. The third-order valence-electron chi connectivity index (χ3n) is 3.63. The molecule has 16 heavy (non-hydrogen) atoms. The second kappa shape index (κ2) is 5.47. The molecule has 2 heteroatoms. The van der Waals surface area contributed by atoms with Crippen LogP contribution in [0.5, 0.6) is 0 Å². The van der Waals surface area contributed by atoms with Crippen molar-refractivity contribution in [2.24, 2.45) is 5.92 Å². The van der Waals surface area contributed by atoms with Crippen molar-refractivity contribution >= 4 is 23.1 Å². The average molecular weight is 252 g/mol. The first-order valence-electron chi connectivity index (χ1n) is 6.31. The van der Waals surface area contributed by atoms with Crippen molar-refractivity contribution in [2.75, 3.05) is 12.8 Å². The lowest BCUT2D eigenvalue weighted by molar-refractivity contribution is 0.389. The summed E-state index contributed by atoms with van der Waals surface area (Å²) < 4.78 is 0. The highest BCUT2D eigenvalue weighted by Gasteiger charge is 2.21. The molecule has 1 aromatic rings. The summed E-state index contributed by atoms with van der Waals surface area (Å²) in [6, 6.07) is 9.51. The van der Waals surface area contributed by atoms with Gasteiger partial charge in [-0.15, -0.1) is 0 Å². The molecule has 0 saturated heterocycles. The molecule has 1 saturated carbocycles.